The Morgan fingerprint density at radius 2 is 2.00 bits per heavy atom. The predicted molar refractivity (Wildman–Crippen MR) is 51.5 cm³/mol. The van der Waals surface area contributed by atoms with E-state index in [-0.39, 0.29) is 0 Å². The monoisotopic (exact) mass is 167 g/mol. The van der Waals surface area contributed by atoms with Crippen molar-refractivity contribution in [3.05, 3.63) is 24.0 Å². The normalized spacial score (nSPS) is 8.33. The number of nitrogens with zero attached hydrogens (tertiary/aromatic N) is 1. The molecule has 0 saturated heterocycles. The standard InChI is InChI=1S/C8H11NO.C2H6/c1-3-10-8-5-4-7(2)9-6-8;1-2/h4-6H,3H2,1-2H3;1-2H3. The highest BCUT2D eigenvalue weighted by molar-refractivity contribution is 5.18. The van der Waals surface area contributed by atoms with Crippen LogP contribution in [0.1, 0.15) is 26.5 Å². The molecule has 0 amide bonds. The van der Waals surface area contributed by atoms with Gasteiger partial charge in [-0.3, -0.25) is 4.98 Å². The molecule has 68 valence electrons. The second kappa shape index (κ2) is 6.65. The number of ether oxygens (including phenoxy) is 1. The van der Waals surface area contributed by atoms with E-state index in [2.05, 4.69) is 4.98 Å². The zero-order valence-corrected chi connectivity index (χ0v) is 8.29. The summed E-state index contributed by atoms with van der Waals surface area (Å²) in [6.45, 7) is 8.61. The van der Waals surface area contributed by atoms with Crippen molar-refractivity contribution >= 4 is 0 Å². The molecule has 1 rings (SSSR count). The van der Waals surface area contributed by atoms with Crippen LogP contribution < -0.4 is 4.74 Å². The molecule has 0 radical (unpaired) electrons. The van der Waals surface area contributed by atoms with Gasteiger partial charge in [-0.2, -0.15) is 0 Å². The molecule has 0 aliphatic heterocycles. The van der Waals surface area contributed by atoms with Gasteiger partial charge < -0.3 is 4.74 Å². The average molecular weight is 167 g/mol. The lowest BCUT2D eigenvalue weighted by Crippen LogP contribution is -1.91. The van der Waals surface area contributed by atoms with Crippen molar-refractivity contribution < 1.29 is 4.74 Å². The third-order valence-electron chi connectivity index (χ3n) is 1.20. The number of rotatable bonds is 2. The predicted octanol–water partition coefficient (Wildman–Crippen LogP) is 2.81. The summed E-state index contributed by atoms with van der Waals surface area (Å²) in [5.41, 5.74) is 1.02. The Bertz CT molecular complexity index is 193. The maximum absolute atomic E-state index is 5.20. The van der Waals surface area contributed by atoms with Crippen LogP contribution in [0.4, 0.5) is 0 Å². The van der Waals surface area contributed by atoms with Crippen molar-refractivity contribution in [2.75, 3.05) is 6.61 Å². The van der Waals surface area contributed by atoms with Gasteiger partial charge in [-0.05, 0) is 26.0 Å². The molecule has 0 fully saturated rings. The van der Waals surface area contributed by atoms with Crippen LogP contribution in [0.15, 0.2) is 18.3 Å². The Kier molecular flexibility index (Phi) is 6.07. The Labute approximate surface area is 74.6 Å². The first-order valence-corrected chi connectivity index (χ1v) is 4.38. The zero-order chi connectivity index (χ0) is 9.40. The molecule has 2 heteroatoms. The number of pyridine rings is 1. The van der Waals surface area contributed by atoms with Crippen LogP contribution in [0.25, 0.3) is 0 Å². The molecule has 0 aliphatic carbocycles. The van der Waals surface area contributed by atoms with Gasteiger partial charge in [0.1, 0.15) is 5.75 Å². The smallest absolute Gasteiger partial charge is 0.137 e. The minimum atomic E-state index is 0.699. The van der Waals surface area contributed by atoms with Crippen LogP contribution >= 0.6 is 0 Å². The van der Waals surface area contributed by atoms with Gasteiger partial charge in [0.2, 0.25) is 0 Å². The second-order valence-corrected chi connectivity index (χ2v) is 2.07. The van der Waals surface area contributed by atoms with Crippen LogP contribution in [-0.4, -0.2) is 11.6 Å². The summed E-state index contributed by atoms with van der Waals surface area (Å²) in [7, 11) is 0. The van der Waals surface area contributed by atoms with Crippen LogP contribution in [0, 0.1) is 6.92 Å². The number of hydrogen-bond donors (Lipinski definition) is 0. The van der Waals surface area contributed by atoms with Crippen molar-refractivity contribution in [1.29, 1.82) is 0 Å². The maximum atomic E-state index is 5.20. The van der Waals surface area contributed by atoms with Gasteiger partial charge in [0.25, 0.3) is 0 Å². The first-order chi connectivity index (χ1) is 5.83. The van der Waals surface area contributed by atoms with E-state index in [0.29, 0.717) is 6.61 Å². The van der Waals surface area contributed by atoms with Gasteiger partial charge in [0.05, 0.1) is 12.8 Å². The minimum absolute atomic E-state index is 0.699. The fraction of sp³-hybridized carbons (Fsp3) is 0.500. The fourth-order valence-corrected chi connectivity index (χ4v) is 0.706. The molecule has 1 aromatic heterocycles. The van der Waals surface area contributed by atoms with Crippen molar-refractivity contribution in [3.8, 4) is 5.75 Å². The topological polar surface area (TPSA) is 22.1 Å². The van der Waals surface area contributed by atoms with Gasteiger partial charge in [0, 0.05) is 5.69 Å². The lowest BCUT2D eigenvalue weighted by Gasteiger charge is -2.00. The molecule has 12 heavy (non-hydrogen) atoms. The van der Waals surface area contributed by atoms with Crippen molar-refractivity contribution in [2.24, 2.45) is 0 Å². The largest absolute Gasteiger partial charge is 0.492 e. The summed E-state index contributed by atoms with van der Waals surface area (Å²) < 4.78 is 5.20. The molecule has 1 aromatic rings. The quantitative estimate of drug-likeness (QED) is 0.675. The molecule has 0 atom stereocenters. The van der Waals surface area contributed by atoms with E-state index in [1.807, 2.05) is 39.8 Å². The van der Waals surface area contributed by atoms with Gasteiger partial charge in [-0.15, -0.1) is 0 Å². The van der Waals surface area contributed by atoms with E-state index in [1.54, 1.807) is 6.20 Å². The van der Waals surface area contributed by atoms with E-state index in [1.165, 1.54) is 0 Å². The van der Waals surface area contributed by atoms with Gasteiger partial charge >= 0.3 is 0 Å². The Morgan fingerprint density at radius 3 is 2.42 bits per heavy atom. The third kappa shape index (κ3) is 3.96. The van der Waals surface area contributed by atoms with E-state index in [9.17, 15) is 0 Å². The zero-order valence-electron chi connectivity index (χ0n) is 8.29. The molecule has 1 heterocycles. The molecule has 0 spiro atoms. The van der Waals surface area contributed by atoms with Gasteiger partial charge in [-0.25, -0.2) is 0 Å². The molecule has 0 bridgehead atoms. The van der Waals surface area contributed by atoms with E-state index < -0.39 is 0 Å². The summed E-state index contributed by atoms with van der Waals surface area (Å²) in [6.07, 6.45) is 1.73. The molecular weight excluding hydrogens is 150 g/mol. The average Bonchev–Trinajstić information content (AvgIpc) is 2.13. The minimum Gasteiger partial charge on any atom is -0.492 e. The maximum Gasteiger partial charge on any atom is 0.137 e. The lowest BCUT2D eigenvalue weighted by molar-refractivity contribution is 0.338. The third-order valence-corrected chi connectivity index (χ3v) is 1.20. The number of aromatic nitrogens is 1. The Hall–Kier alpha value is -1.05. The van der Waals surface area contributed by atoms with E-state index >= 15 is 0 Å². The van der Waals surface area contributed by atoms with Crippen LogP contribution in [0.5, 0.6) is 5.75 Å². The van der Waals surface area contributed by atoms with Crippen molar-refractivity contribution in [1.82, 2.24) is 4.98 Å². The fourth-order valence-electron chi connectivity index (χ4n) is 0.706. The van der Waals surface area contributed by atoms with Crippen LogP contribution in [0.3, 0.4) is 0 Å². The van der Waals surface area contributed by atoms with Crippen molar-refractivity contribution in [3.63, 3.8) is 0 Å². The highest BCUT2D eigenvalue weighted by Crippen LogP contribution is 2.07. The molecule has 0 unspecified atom stereocenters. The second-order valence-electron chi connectivity index (χ2n) is 2.07. The molecule has 0 aromatic carbocycles. The van der Waals surface area contributed by atoms with Gasteiger partial charge in [-0.1, -0.05) is 13.8 Å². The Balaban J connectivity index is 0.000000561. The summed E-state index contributed by atoms with van der Waals surface area (Å²) in [5, 5.41) is 0. The first kappa shape index (κ1) is 11.0. The molecule has 0 N–H and O–H groups in total. The SMILES string of the molecule is CC.CCOc1ccc(C)nc1. The summed E-state index contributed by atoms with van der Waals surface area (Å²) >= 11 is 0. The van der Waals surface area contributed by atoms with E-state index in [4.69, 9.17) is 4.74 Å². The number of hydrogen-bond acceptors (Lipinski definition) is 2. The van der Waals surface area contributed by atoms with Gasteiger partial charge in [0.15, 0.2) is 0 Å². The Morgan fingerprint density at radius 1 is 1.33 bits per heavy atom. The molecule has 2 nitrogen and oxygen atoms in total. The van der Waals surface area contributed by atoms with Crippen LogP contribution in [-0.2, 0) is 0 Å². The summed E-state index contributed by atoms with van der Waals surface area (Å²) in [5.74, 6) is 0.841. The molecule has 0 saturated carbocycles. The molecular formula is C10H17NO. The first-order valence-electron chi connectivity index (χ1n) is 4.38. The molecule has 0 aliphatic rings. The van der Waals surface area contributed by atoms with Crippen molar-refractivity contribution in [2.45, 2.75) is 27.7 Å². The lowest BCUT2D eigenvalue weighted by atomic mass is 10.4. The summed E-state index contributed by atoms with van der Waals surface area (Å²) in [4.78, 5) is 4.07. The van der Waals surface area contributed by atoms with E-state index in [0.717, 1.165) is 11.4 Å². The highest BCUT2D eigenvalue weighted by Gasteiger charge is 1.89. The van der Waals surface area contributed by atoms with Crippen LogP contribution in [0.2, 0.25) is 0 Å². The number of aryl methyl sites for hydroxylation is 1. The highest BCUT2D eigenvalue weighted by atomic mass is 16.5. The summed E-state index contributed by atoms with van der Waals surface area (Å²) in [6, 6.07) is 3.86.